The van der Waals surface area contributed by atoms with Crippen molar-refractivity contribution in [3.63, 3.8) is 0 Å². The number of aromatic nitrogens is 2. The topological polar surface area (TPSA) is 72.9 Å². The Morgan fingerprint density at radius 3 is 2.90 bits per heavy atom. The number of carbonyl (C=O) groups excluding carboxylic acids is 1. The molecule has 0 aliphatic carbocycles. The Kier molecular flexibility index (Phi) is 4.08. The van der Waals surface area contributed by atoms with E-state index in [-0.39, 0.29) is 11.8 Å². The third kappa shape index (κ3) is 2.99. The first kappa shape index (κ1) is 14.1. The normalized spacial score (nSPS) is 12.2. The molecule has 0 saturated heterocycles. The molecule has 1 heterocycles. The third-order valence-electron chi connectivity index (χ3n) is 3.30. The van der Waals surface area contributed by atoms with Crippen LogP contribution in [-0.2, 0) is 18.3 Å². The zero-order valence-electron chi connectivity index (χ0n) is 12.1. The monoisotopic (exact) mass is 272 g/mol. The first-order chi connectivity index (χ1) is 9.51. The number of aryl methyl sites for hydroxylation is 2. The van der Waals surface area contributed by atoms with Gasteiger partial charge in [0.25, 0.3) is 0 Å². The second-order valence-corrected chi connectivity index (χ2v) is 4.90. The highest BCUT2D eigenvalue weighted by Crippen LogP contribution is 2.21. The summed E-state index contributed by atoms with van der Waals surface area (Å²) in [6, 6.07) is 7.40. The average molecular weight is 272 g/mol. The van der Waals surface area contributed by atoms with Crippen LogP contribution in [0.15, 0.2) is 30.5 Å². The van der Waals surface area contributed by atoms with Crippen LogP contribution in [0, 0.1) is 0 Å². The Morgan fingerprint density at radius 2 is 2.25 bits per heavy atom. The van der Waals surface area contributed by atoms with Crippen LogP contribution in [0.5, 0.6) is 0 Å². The number of hydrogen-bond donors (Lipinski definition) is 2. The summed E-state index contributed by atoms with van der Waals surface area (Å²) in [5, 5.41) is 7.25. The number of nitrogens with two attached hydrogens (primary N) is 1. The van der Waals surface area contributed by atoms with Crippen molar-refractivity contribution in [3.05, 3.63) is 41.7 Å². The van der Waals surface area contributed by atoms with Crippen molar-refractivity contribution in [1.29, 1.82) is 0 Å². The molecule has 0 saturated carbocycles. The van der Waals surface area contributed by atoms with E-state index < -0.39 is 0 Å². The highest BCUT2D eigenvalue weighted by atomic mass is 16.1. The van der Waals surface area contributed by atoms with Crippen LogP contribution in [0.2, 0.25) is 0 Å². The fraction of sp³-hybridized carbons (Fsp3) is 0.333. The SMILES string of the molecule is CCc1nn(C)cc1NC(=O)C(C)c1cccc(N)c1. The van der Waals surface area contributed by atoms with Crippen LogP contribution in [0.3, 0.4) is 0 Å². The van der Waals surface area contributed by atoms with Gasteiger partial charge in [-0.1, -0.05) is 19.1 Å². The lowest BCUT2D eigenvalue weighted by molar-refractivity contribution is -0.117. The molecule has 2 rings (SSSR count). The molecule has 3 N–H and O–H groups in total. The van der Waals surface area contributed by atoms with Crippen LogP contribution in [0.4, 0.5) is 11.4 Å². The molecule has 0 fully saturated rings. The Labute approximate surface area is 118 Å². The summed E-state index contributed by atoms with van der Waals surface area (Å²) in [5.41, 5.74) is 8.99. The predicted octanol–water partition coefficient (Wildman–Crippen LogP) is 2.31. The molecule has 0 aliphatic rings. The van der Waals surface area contributed by atoms with E-state index in [1.165, 1.54) is 0 Å². The molecule has 20 heavy (non-hydrogen) atoms. The number of nitrogen functional groups attached to an aromatic ring is 1. The maximum atomic E-state index is 12.3. The van der Waals surface area contributed by atoms with Gasteiger partial charge in [-0.25, -0.2) is 0 Å². The van der Waals surface area contributed by atoms with Crippen LogP contribution in [0.1, 0.15) is 31.0 Å². The summed E-state index contributed by atoms with van der Waals surface area (Å²) in [6.07, 6.45) is 2.60. The molecule has 1 unspecified atom stereocenters. The van der Waals surface area contributed by atoms with Crippen molar-refractivity contribution in [3.8, 4) is 0 Å². The van der Waals surface area contributed by atoms with Crippen molar-refractivity contribution in [2.24, 2.45) is 7.05 Å². The van der Waals surface area contributed by atoms with E-state index >= 15 is 0 Å². The number of rotatable bonds is 4. The molecule has 0 aliphatic heterocycles. The van der Waals surface area contributed by atoms with E-state index in [0.29, 0.717) is 5.69 Å². The van der Waals surface area contributed by atoms with E-state index in [9.17, 15) is 4.79 Å². The van der Waals surface area contributed by atoms with E-state index in [1.54, 1.807) is 4.68 Å². The van der Waals surface area contributed by atoms with Gasteiger partial charge in [0.2, 0.25) is 5.91 Å². The maximum absolute atomic E-state index is 12.3. The smallest absolute Gasteiger partial charge is 0.231 e. The van der Waals surface area contributed by atoms with Crippen molar-refractivity contribution in [2.45, 2.75) is 26.2 Å². The van der Waals surface area contributed by atoms with E-state index in [2.05, 4.69) is 10.4 Å². The maximum Gasteiger partial charge on any atom is 0.231 e. The molecular formula is C15H20N4O. The minimum absolute atomic E-state index is 0.0571. The van der Waals surface area contributed by atoms with Crippen LogP contribution in [-0.4, -0.2) is 15.7 Å². The molecule has 1 amide bonds. The number of nitrogens with one attached hydrogen (secondary N) is 1. The van der Waals surface area contributed by atoms with Gasteiger partial charge >= 0.3 is 0 Å². The van der Waals surface area contributed by atoms with Gasteiger partial charge in [-0.15, -0.1) is 0 Å². The Hall–Kier alpha value is -2.30. The predicted molar refractivity (Wildman–Crippen MR) is 80.5 cm³/mol. The van der Waals surface area contributed by atoms with Crippen molar-refractivity contribution < 1.29 is 4.79 Å². The van der Waals surface area contributed by atoms with Gasteiger partial charge in [0.1, 0.15) is 0 Å². The summed E-state index contributed by atoms with van der Waals surface area (Å²) in [7, 11) is 1.84. The third-order valence-corrected chi connectivity index (χ3v) is 3.30. The average Bonchev–Trinajstić information content (AvgIpc) is 2.77. The first-order valence-corrected chi connectivity index (χ1v) is 6.70. The number of hydrogen-bond acceptors (Lipinski definition) is 3. The highest BCUT2D eigenvalue weighted by Gasteiger charge is 2.17. The fourth-order valence-corrected chi connectivity index (χ4v) is 2.12. The van der Waals surface area contributed by atoms with Crippen LogP contribution < -0.4 is 11.1 Å². The number of amides is 1. The Morgan fingerprint density at radius 1 is 1.50 bits per heavy atom. The van der Waals surface area contributed by atoms with Crippen LogP contribution in [0.25, 0.3) is 0 Å². The minimum Gasteiger partial charge on any atom is -0.399 e. The summed E-state index contributed by atoms with van der Waals surface area (Å²) < 4.78 is 1.71. The van der Waals surface area contributed by atoms with Gasteiger partial charge in [0.05, 0.1) is 17.3 Å². The number of carbonyl (C=O) groups is 1. The highest BCUT2D eigenvalue weighted by molar-refractivity contribution is 5.96. The quantitative estimate of drug-likeness (QED) is 0.839. The molecule has 0 bridgehead atoms. The fourth-order valence-electron chi connectivity index (χ4n) is 2.12. The lowest BCUT2D eigenvalue weighted by atomic mass is 10.00. The molecule has 2 aromatic rings. The van der Waals surface area contributed by atoms with E-state index in [0.717, 1.165) is 23.4 Å². The zero-order valence-corrected chi connectivity index (χ0v) is 12.1. The van der Waals surface area contributed by atoms with Gasteiger partial charge in [-0.05, 0) is 31.0 Å². The molecule has 0 radical (unpaired) electrons. The lowest BCUT2D eigenvalue weighted by Gasteiger charge is -2.12. The minimum atomic E-state index is -0.261. The number of anilines is 2. The molecule has 0 spiro atoms. The largest absolute Gasteiger partial charge is 0.399 e. The van der Waals surface area contributed by atoms with Gasteiger partial charge in [0.15, 0.2) is 0 Å². The standard InChI is InChI=1S/C15H20N4O/c1-4-13-14(9-19(3)18-13)17-15(20)10(2)11-6-5-7-12(16)8-11/h5-10H,4,16H2,1-3H3,(H,17,20). The Bertz CT molecular complexity index is 618. The summed E-state index contributed by atoms with van der Waals surface area (Å²) in [5.74, 6) is -0.318. The van der Waals surface area contributed by atoms with Gasteiger partial charge in [-0.3, -0.25) is 9.48 Å². The van der Waals surface area contributed by atoms with Gasteiger partial charge in [0, 0.05) is 18.9 Å². The summed E-state index contributed by atoms with van der Waals surface area (Å²) in [4.78, 5) is 12.3. The summed E-state index contributed by atoms with van der Waals surface area (Å²) >= 11 is 0. The Balaban J connectivity index is 2.15. The van der Waals surface area contributed by atoms with Crippen molar-refractivity contribution in [1.82, 2.24) is 9.78 Å². The van der Waals surface area contributed by atoms with E-state index in [1.807, 2.05) is 51.4 Å². The van der Waals surface area contributed by atoms with Crippen molar-refractivity contribution in [2.75, 3.05) is 11.1 Å². The number of benzene rings is 1. The van der Waals surface area contributed by atoms with Gasteiger partial charge < -0.3 is 11.1 Å². The molecule has 1 aromatic carbocycles. The molecule has 5 nitrogen and oxygen atoms in total. The first-order valence-electron chi connectivity index (χ1n) is 6.70. The molecule has 106 valence electrons. The molecule has 5 heteroatoms. The van der Waals surface area contributed by atoms with Gasteiger partial charge in [-0.2, -0.15) is 5.10 Å². The summed E-state index contributed by atoms with van der Waals surface area (Å²) in [6.45, 7) is 3.88. The zero-order chi connectivity index (χ0) is 14.7. The molecule has 1 aromatic heterocycles. The second-order valence-electron chi connectivity index (χ2n) is 4.90. The lowest BCUT2D eigenvalue weighted by Crippen LogP contribution is -2.19. The van der Waals surface area contributed by atoms with Crippen molar-refractivity contribution >= 4 is 17.3 Å². The number of nitrogens with zero attached hydrogens (tertiary/aromatic N) is 2. The molecular weight excluding hydrogens is 252 g/mol. The molecule has 1 atom stereocenters. The van der Waals surface area contributed by atoms with Crippen LogP contribution >= 0.6 is 0 Å². The second kappa shape index (κ2) is 5.77. The van der Waals surface area contributed by atoms with E-state index in [4.69, 9.17) is 5.73 Å².